The van der Waals surface area contributed by atoms with Crippen LogP contribution in [0.4, 0.5) is 11.6 Å². The second kappa shape index (κ2) is 6.16. The van der Waals surface area contributed by atoms with Crippen molar-refractivity contribution in [1.82, 2.24) is 19.5 Å². The standard InChI is InChI=1S/C13H16N6O4/c1-9(13(20)17-4-6-23-7-5-17)15-10-2-3-11-14-8-12(19(21)22)18(11)16-10/h2-3,8-9H,4-7H2,1H3,(H,15,16). The van der Waals surface area contributed by atoms with Crippen LogP contribution in [-0.4, -0.2) is 62.7 Å². The van der Waals surface area contributed by atoms with Gasteiger partial charge >= 0.3 is 5.82 Å². The fourth-order valence-electron chi connectivity index (χ4n) is 2.40. The smallest absolute Gasteiger partial charge is 0.368 e. The quantitative estimate of drug-likeness (QED) is 0.636. The fourth-order valence-corrected chi connectivity index (χ4v) is 2.40. The Morgan fingerprint density at radius 1 is 1.43 bits per heavy atom. The second-order valence-corrected chi connectivity index (χ2v) is 5.17. The molecule has 3 rings (SSSR count). The first-order chi connectivity index (χ1) is 11.1. The number of amides is 1. The monoisotopic (exact) mass is 320 g/mol. The zero-order valence-electron chi connectivity index (χ0n) is 12.5. The average molecular weight is 320 g/mol. The van der Waals surface area contributed by atoms with Crippen molar-refractivity contribution in [3.63, 3.8) is 0 Å². The number of carbonyl (C=O) groups is 1. The highest BCUT2D eigenvalue weighted by molar-refractivity contribution is 5.84. The number of anilines is 1. The molecular weight excluding hydrogens is 304 g/mol. The molecule has 0 aromatic carbocycles. The molecule has 0 saturated carbocycles. The molecule has 0 aliphatic carbocycles. The number of fused-ring (bicyclic) bond motifs is 1. The number of rotatable bonds is 4. The summed E-state index contributed by atoms with van der Waals surface area (Å²) >= 11 is 0. The van der Waals surface area contributed by atoms with E-state index in [1.54, 1.807) is 24.0 Å². The molecule has 1 fully saturated rings. The molecule has 1 saturated heterocycles. The van der Waals surface area contributed by atoms with Crippen molar-refractivity contribution in [1.29, 1.82) is 0 Å². The predicted molar refractivity (Wildman–Crippen MR) is 80.1 cm³/mol. The van der Waals surface area contributed by atoms with Crippen molar-refractivity contribution in [3.8, 4) is 0 Å². The van der Waals surface area contributed by atoms with Crippen molar-refractivity contribution in [3.05, 3.63) is 28.4 Å². The largest absolute Gasteiger partial charge is 0.378 e. The number of nitrogens with one attached hydrogen (secondary N) is 1. The number of carbonyl (C=O) groups excluding carboxylic acids is 1. The first kappa shape index (κ1) is 15.2. The van der Waals surface area contributed by atoms with Gasteiger partial charge in [-0.05, 0) is 17.9 Å². The van der Waals surface area contributed by atoms with E-state index < -0.39 is 11.0 Å². The maximum absolute atomic E-state index is 12.3. The minimum absolute atomic E-state index is 0.0599. The Bertz CT molecular complexity index is 739. The van der Waals surface area contributed by atoms with Gasteiger partial charge in [-0.25, -0.2) is 4.98 Å². The number of hydrogen-bond donors (Lipinski definition) is 1. The molecule has 1 aliphatic rings. The number of imidazole rings is 1. The van der Waals surface area contributed by atoms with Crippen LogP contribution in [0.1, 0.15) is 6.92 Å². The van der Waals surface area contributed by atoms with Gasteiger partial charge < -0.3 is 25.1 Å². The van der Waals surface area contributed by atoms with Crippen molar-refractivity contribution >= 4 is 23.2 Å². The lowest BCUT2D eigenvalue weighted by atomic mass is 10.2. The van der Waals surface area contributed by atoms with E-state index >= 15 is 0 Å². The molecule has 2 aromatic heterocycles. The summed E-state index contributed by atoms with van der Waals surface area (Å²) in [7, 11) is 0. The summed E-state index contributed by atoms with van der Waals surface area (Å²) in [5.74, 6) is 0.0823. The Morgan fingerprint density at radius 2 is 2.17 bits per heavy atom. The third-order valence-electron chi connectivity index (χ3n) is 3.59. The summed E-state index contributed by atoms with van der Waals surface area (Å²) in [6, 6.07) is 2.74. The van der Waals surface area contributed by atoms with E-state index in [1.807, 2.05) is 0 Å². The topological polar surface area (TPSA) is 115 Å². The van der Waals surface area contributed by atoms with E-state index in [4.69, 9.17) is 4.74 Å². The van der Waals surface area contributed by atoms with Gasteiger partial charge in [0.2, 0.25) is 11.6 Å². The molecule has 122 valence electrons. The van der Waals surface area contributed by atoms with E-state index in [0.29, 0.717) is 37.8 Å². The number of hydrogen-bond acceptors (Lipinski definition) is 7. The van der Waals surface area contributed by atoms with Gasteiger partial charge in [0.1, 0.15) is 12.2 Å². The summed E-state index contributed by atoms with van der Waals surface area (Å²) < 4.78 is 6.36. The molecule has 1 aliphatic heterocycles. The Labute approximate surface area is 131 Å². The first-order valence-electron chi connectivity index (χ1n) is 7.18. The van der Waals surface area contributed by atoms with Crippen molar-refractivity contribution in [2.75, 3.05) is 31.6 Å². The summed E-state index contributed by atoms with van der Waals surface area (Å²) in [4.78, 5) is 28.4. The van der Waals surface area contributed by atoms with Crippen molar-refractivity contribution < 1.29 is 14.5 Å². The molecule has 0 radical (unpaired) electrons. The van der Waals surface area contributed by atoms with Gasteiger partial charge in [-0.1, -0.05) is 9.61 Å². The Morgan fingerprint density at radius 3 is 2.87 bits per heavy atom. The highest BCUT2D eigenvalue weighted by atomic mass is 16.6. The Hall–Kier alpha value is -2.75. The highest BCUT2D eigenvalue weighted by Gasteiger charge is 2.23. The summed E-state index contributed by atoms with van der Waals surface area (Å²) in [5.41, 5.74) is 0.370. The van der Waals surface area contributed by atoms with Gasteiger partial charge in [0, 0.05) is 19.2 Å². The van der Waals surface area contributed by atoms with Crippen LogP contribution < -0.4 is 5.32 Å². The van der Waals surface area contributed by atoms with Crippen LogP contribution in [0, 0.1) is 10.1 Å². The Kier molecular flexibility index (Phi) is 4.06. The molecule has 1 unspecified atom stereocenters. The zero-order chi connectivity index (χ0) is 16.4. The van der Waals surface area contributed by atoms with E-state index in [2.05, 4.69) is 15.4 Å². The van der Waals surface area contributed by atoms with Gasteiger partial charge in [-0.15, -0.1) is 0 Å². The van der Waals surface area contributed by atoms with Crippen LogP contribution in [0.5, 0.6) is 0 Å². The maximum Gasteiger partial charge on any atom is 0.368 e. The van der Waals surface area contributed by atoms with Crippen LogP contribution in [0.25, 0.3) is 5.65 Å². The fraction of sp³-hybridized carbons (Fsp3) is 0.462. The molecule has 10 heteroatoms. The average Bonchev–Trinajstić information content (AvgIpc) is 2.98. The third kappa shape index (κ3) is 3.06. The molecule has 2 aromatic rings. The number of nitro groups is 1. The van der Waals surface area contributed by atoms with Crippen LogP contribution in [0.15, 0.2) is 18.3 Å². The van der Waals surface area contributed by atoms with Gasteiger partial charge in [-0.3, -0.25) is 4.79 Å². The van der Waals surface area contributed by atoms with Crippen LogP contribution in [0.3, 0.4) is 0 Å². The molecule has 3 heterocycles. The highest BCUT2D eigenvalue weighted by Crippen LogP contribution is 2.15. The summed E-state index contributed by atoms with van der Waals surface area (Å²) in [6.45, 7) is 3.91. The second-order valence-electron chi connectivity index (χ2n) is 5.17. The molecule has 1 N–H and O–H groups in total. The van der Waals surface area contributed by atoms with Crippen LogP contribution in [-0.2, 0) is 9.53 Å². The normalized spacial score (nSPS) is 16.3. The zero-order valence-corrected chi connectivity index (χ0v) is 12.5. The van der Waals surface area contributed by atoms with E-state index in [-0.39, 0.29) is 11.7 Å². The molecular formula is C13H16N6O4. The SMILES string of the molecule is CC(Nc1ccc2ncc([N+](=O)[O-])n2n1)C(=O)N1CCOCC1. The van der Waals surface area contributed by atoms with Gasteiger partial charge in [-0.2, -0.15) is 0 Å². The molecule has 10 nitrogen and oxygen atoms in total. The van der Waals surface area contributed by atoms with Crippen LogP contribution in [0.2, 0.25) is 0 Å². The molecule has 1 amide bonds. The van der Waals surface area contributed by atoms with E-state index in [9.17, 15) is 14.9 Å². The number of aromatic nitrogens is 3. The minimum Gasteiger partial charge on any atom is -0.378 e. The maximum atomic E-state index is 12.3. The third-order valence-corrected chi connectivity index (χ3v) is 3.59. The number of morpholine rings is 1. The Balaban J connectivity index is 1.76. The van der Waals surface area contributed by atoms with Crippen LogP contribution >= 0.6 is 0 Å². The summed E-state index contributed by atoms with van der Waals surface area (Å²) in [5, 5.41) is 18.0. The van der Waals surface area contributed by atoms with Gasteiger partial charge in [0.25, 0.3) is 0 Å². The number of ether oxygens (including phenoxy) is 1. The molecule has 1 atom stereocenters. The van der Waals surface area contributed by atoms with Gasteiger partial charge in [0.05, 0.1) is 13.2 Å². The van der Waals surface area contributed by atoms with E-state index in [0.717, 1.165) is 10.7 Å². The lowest BCUT2D eigenvalue weighted by molar-refractivity contribution is -0.391. The lowest BCUT2D eigenvalue weighted by Gasteiger charge is -2.29. The molecule has 0 bridgehead atoms. The van der Waals surface area contributed by atoms with Crippen molar-refractivity contribution in [2.24, 2.45) is 0 Å². The molecule has 0 spiro atoms. The lowest BCUT2D eigenvalue weighted by Crippen LogP contribution is -2.47. The van der Waals surface area contributed by atoms with E-state index in [1.165, 1.54) is 0 Å². The minimum atomic E-state index is -0.556. The van der Waals surface area contributed by atoms with Gasteiger partial charge in [0.15, 0.2) is 5.82 Å². The number of nitrogens with zero attached hydrogens (tertiary/aromatic N) is 5. The predicted octanol–water partition coefficient (Wildman–Crippen LogP) is 0.297. The van der Waals surface area contributed by atoms with Crippen molar-refractivity contribution in [2.45, 2.75) is 13.0 Å². The first-order valence-corrected chi connectivity index (χ1v) is 7.18. The summed E-state index contributed by atoms with van der Waals surface area (Å²) in [6.07, 6.45) is 1.15. The molecule has 23 heavy (non-hydrogen) atoms.